The van der Waals surface area contributed by atoms with Gasteiger partial charge >= 0.3 is 21.1 Å². The van der Waals surface area contributed by atoms with Gasteiger partial charge in [-0.3, -0.25) is 4.98 Å². The van der Waals surface area contributed by atoms with E-state index in [4.69, 9.17) is 0 Å². The van der Waals surface area contributed by atoms with Crippen molar-refractivity contribution in [3.8, 4) is 11.3 Å². The topological polar surface area (TPSA) is 30.2 Å². The van der Waals surface area contributed by atoms with Crippen LogP contribution in [0.4, 0.5) is 0 Å². The number of aryl methyl sites for hydroxylation is 1. The van der Waals surface area contributed by atoms with E-state index in [1.807, 2.05) is 65.5 Å². The quantitative estimate of drug-likeness (QED) is 0.281. The van der Waals surface area contributed by atoms with Crippen molar-refractivity contribution in [3.63, 3.8) is 0 Å². The number of pyridine rings is 2. The maximum atomic E-state index is 4.32. The van der Waals surface area contributed by atoms with E-state index in [1.54, 1.807) is 6.20 Å². The minimum atomic E-state index is 0. The van der Waals surface area contributed by atoms with Gasteiger partial charge in [0.1, 0.15) is 0 Å². The monoisotopic (exact) mass is 530 g/mol. The van der Waals surface area contributed by atoms with Crippen LogP contribution < -0.4 is 0 Å². The fourth-order valence-corrected chi connectivity index (χ4v) is 2.88. The molecule has 3 aromatic heterocycles. The zero-order chi connectivity index (χ0) is 17.8. The Labute approximate surface area is 173 Å². The Bertz CT molecular complexity index is 1150. The molecule has 0 saturated carbocycles. The molecular formula is C23H17N3Pt. The molecule has 0 aliphatic heterocycles. The average Bonchev–Trinajstić information content (AvgIpc) is 3.19. The van der Waals surface area contributed by atoms with Crippen LogP contribution in [0.15, 0.2) is 85.5 Å². The van der Waals surface area contributed by atoms with Gasteiger partial charge in [-0.2, -0.15) is 0 Å². The molecule has 0 bridgehead atoms. The van der Waals surface area contributed by atoms with Gasteiger partial charge in [0.25, 0.3) is 0 Å². The summed E-state index contributed by atoms with van der Waals surface area (Å²) < 4.78 is 2.00. The van der Waals surface area contributed by atoms with Gasteiger partial charge in [0, 0.05) is 18.6 Å². The SMILES string of the molecule is Cc1cccnc1-c1[c-]cccc1.[Pt+2].[c-]1cccc2ccn3ccnc3c12. The van der Waals surface area contributed by atoms with Crippen molar-refractivity contribution >= 4 is 16.4 Å². The molecular weight excluding hydrogens is 513 g/mol. The standard InChI is InChI=1S/C12H10N.C11H7N2.Pt/c1-10-6-5-9-13-12(10)11-7-3-2-4-8-11;1-2-4-10-9(3-1)5-7-13-8-6-12-11(10)13;/h2-7,9H,1H3;1-3,5-8H;/q2*-1;+2. The fraction of sp³-hybridized carbons (Fsp3) is 0.0435. The first kappa shape index (κ1) is 19.0. The van der Waals surface area contributed by atoms with E-state index in [2.05, 4.69) is 47.2 Å². The summed E-state index contributed by atoms with van der Waals surface area (Å²) >= 11 is 0. The Morgan fingerprint density at radius 2 is 1.70 bits per heavy atom. The van der Waals surface area contributed by atoms with E-state index in [0.717, 1.165) is 22.3 Å². The number of benzene rings is 2. The number of nitrogens with zero attached hydrogens (tertiary/aromatic N) is 3. The molecule has 0 atom stereocenters. The van der Waals surface area contributed by atoms with E-state index in [0.29, 0.717) is 0 Å². The van der Waals surface area contributed by atoms with Crippen molar-refractivity contribution in [3.05, 3.63) is 103 Å². The van der Waals surface area contributed by atoms with Crippen LogP contribution in [0.3, 0.4) is 0 Å². The summed E-state index contributed by atoms with van der Waals surface area (Å²) in [4.78, 5) is 8.60. The van der Waals surface area contributed by atoms with Crippen LogP contribution in [0.5, 0.6) is 0 Å². The van der Waals surface area contributed by atoms with Gasteiger partial charge in [-0.15, -0.1) is 70.9 Å². The zero-order valence-electron chi connectivity index (χ0n) is 14.7. The average molecular weight is 530 g/mol. The van der Waals surface area contributed by atoms with Gasteiger partial charge in [0.05, 0.1) is 5.65 Å². The molecule has 0 fully saturated rings. The summed E-state index contributed by atoms with van der Waals surface area (Å²) in [5, 5.41) is 2.26. The zero-order valence-corrected chi connectivity index (χ0v) is 17.0. The third-order valence-corrected chi connectivity index (χ3v) is 4.17. The molecule has 3 nitrogen and oxygen atoms in total. The minimum absolute atomic E-state index is 0. The van der Waals surface area contributed by atoms with Crippen LogP contribution in [0.2, 0.25) is 0 Å². The molecule has 27 heavy (non-hydrogen) atoms. The Hall–Kier alpha value is -2.77. The normalized spacial score (nSPS) is 10.1. The molecule has 0 amide bonds. The molecule has 0 aliphatic rings. The van der Waals surface area contributed by atoms with Gasteiger partial charge in [-0.25, -0.2) is 0 Å². The molecule has 0 radical (unpaired) electrons. The Balaban J connectivity index is 0.000000150. The maximum absolute atomic E-state index is 4.32. The molecule has 5 rings (SSSR count). The van der Waals surface area contributed by atoms with Gasteiger partial charge in [-0.1, -0.05) is 17.7 Å². The molecule has 0 saturated heterocycles. The van der Waals surface area contributed by atoms with Crippen molar-refractivity contribution < 1.29 is 21.1 Å². The van der Waals surface area contributed by atoms with Crippen LogP contribution in [0, 0.1) is 19.1 Å². The van der Waals surface area contributed by atoms with Crippen LogP contribution in [0.25, 0.3) is 27.7 Å². The van der Waals surface area contributed by atoms with Crippen molar-refractivity contribution in [1.82, 2.24) is 14.4 Å². The number of aromatic nitrogens is 3. The van der Waals surface area contributed by atoms with Crippen LogP contribution in [-0.2, 0) is 21.1 Å². The third-order valence-electron chi connectivity index (χ3n) is 4.17. The number of fused-ring (bicyclic) bond motifs is 3. The van der Waals surface area contributed by atoms with E-state index in [-0.39, 0.29) is 21.1 Å². The Morgan fingerprint density at radius 3 is 2.52 bits per heavy atom. The maximum Gasteiger partial charge on any atom is 2.00 e. The molecule has 2 aromatic carbocycles. The van der Waals surface area contributed by atoms with Gasteiger partial charge in [-0.05, 0) is 24.9 Å². The number of imidazole rings is 1. The van der Waals surface area contributed by atoms with E-state index in [9.17, 15) is 0 Å². The third kappa shape index (κ3) is 4.15. The van der Waals surface area contributed by atoms with E-state index < -0.39 is 0 Å². The largest absolute Gasteiger partial charge is 2.00 e. The van der Waals surface area contributed by atoms with E-state index in [1.165, 1.54) is 10.9 Å². The minimum Gasteiger partial charge on any atom is -0.347 e. The molecule has 3 heterocycles. The number of hydrogen-bond acceptors (Lipinski definition) is 2. The molecule has 5 aromatic rings. The first-order valence-electron chi connectivity index (χ1n) is 8.44. The predicted octanol–water partition coefficient (Wildman–Crippen LogP) is 5.14. The molecule has 0 N–H and O–H groups in total. The Kier molecular flexibility index (Phi) is 6.15. The van der Waals surface area contributed by atoms with Crippen molar-refractivity contribution in [2.45, 2.75) is 6.92 Å². The summed E-state index contributed by atoms with van der Waals surface area (Å²) in [5.74, 6) is 0. The fourth-order valence-electron chi connectivity index (χ4n) is 2.88. The molecule has 0 unspecified atom stereocenters. The number of rotatable bonds is 1. The van der Waals surface area contributed by atoms with Gasteiger partial charge in [0.2, 0.25) is 0 Å². The first-order chi connectivity index (χ1) is 12.8. The van der Waals surface area contributed by atoms with Crippen LogP contribution in [-0.4, -0.2) is 14.4 Å². The van der Waals surface area contributed by atoms with Gasteiger partial charge < -0.3 is 9.38 Å². The summed E-state index contributed by atoms with van der Waals surface area (Å²) in [6.45, 7) is 2.06. The molecule has 0 spiro atoms. The van der Waals surface area contributed by atoms with Gasteiger partial charge in [0.15, 0.2) is 0 Å². The molecule has 134 valence electrons. The van der Waals surface area contributed by atoms with Crippen molar-refractivity contribution in [2.75, 3.05) is 0 Å². The molecule has 4 heteroatoms. The second-order valence-electron chi connectivity index (χ2n) is 5.92. The summed E-state index contributed by atoms with van der Waals surface area (Å²) in [5.41, 5.74) is 4.23. The van der Waals surface area contributed by atoms with E-state index >= 15 is 0 Å². The first-order valence-corrected chi connectivity index (χ1v) is 8.44. The Morgan fingerprint density at radius 1 is 0.815 bits per heavy atom. The van der Waals surface area contributed by atoms with Crippen LogP contribution in [0.1, 0.15) is 5.56 Å². The summed E-state index contributed by atoms with van der Waals surface area (Å²) in [6, 6.07) is 26.3. The smallest absolute Gasteiger partial charge is 0.347 e. The summed E-state index contributed by atoms with van der Waals surface area (Å²) in [6.07, 6.45) is 7.56. The second kappa shape index (κ2) is 8.74. The summed E-state index contributed by atoms with van der Waals surface area (Å²) in [7, 11) is 0. The van der Waals surface area contributed by atoms with Crippen molar-refractivity contribution in [2.24, 2.45) is 0 Å². The second-order valence-corrected chi connectivity index (χ2v) is 5.92. The number of hydrogen-bond donors (Lipinski definition) is 0. The molecule has 0 aliphatic carbocycles. The van der Waals surface area contributed by atoms with Crippen molar-refractivity contribution in [1.29, 1.82) is 0 Å². The predicted molar refractivity (Wildman–Crippen MR) is 105 cm³/mol. The van der Waals surface area contributed by atoms with Crippen LogP contribution >= 0.6 is 0 Å².